The lowest BCUT2D eigenvalue weighted by molar-refractivity contribution is -0.130. The standard InChI is InChI=1S/C10H14O2/c11-8-5-1-3-7-4-2-6-9(12)10(7)8/h1,5,7-8,10-11H,2-4,6H2/t7-,8-,10+/m0/s1. The number of hydrogen-bond donors (Lipinski definition) is 1. The van der Waals surface area contributed by atoms with E-state index in [2.05, 4.69) is 0 Å². The molecule has 12 heavy (non-hydrogen) atoms. The Morgan fingerprint density at radius 1 is 1.50 bits per heavy atom. The van der Waals surface area contributed by atoms with Gasteiger partial charge in [-0.15, -0.1) is 0 Å². The van der Waals surface area contributed by atoms with Crippen LogP contribution in [0.1, 0.15) is 25.7 Å². The van der Waals surface area contributed by atoms with Gasteiger partial charge < -0.3 is 5.11 Å². The summed E-state index contributed by atoms with van der Waals surface area (Å²) in [6.07, 6.45) is 7.05. The molecule has 0 aromatic rings. The predicted molar refractivity (Wildman–Crippen MR) is 45.6 cm³/mol. The summed E-state index contributed by atoms with van der Waals surface area (Å²) in [7, 11) is 0. The third-order valence-corrected chi connectivity index (χ3v) is 3.02. The highest BCUT2D eigenvalue weighted by atomic mass is 16.3. The predicted octanol–water partition coefficient (Wildman–Crippen LogP) is 1.29. The Morgan fingerprint density at radius 2 is 2.33 bits per heavy atom. The first-order valence-corrected chi connectivity index (χ1v) is 4.66. The van der Waals surface area contributed by atoms with E-state index in [0.29, 0.717) is 12.3 Å². The van der Waals surface area contributed by atoms with Gasteiger partial charge in [-0.2, -0.15) is 0 Å². The van der Waals surface area contributed by atoms with Gasteiger partial charge in [0.1, 0.15) is 5.78 Å². The van der Waals surface area contributed by atoms with E-state index in [0.717, 1.165) is 19.3 Å². The van der Waals surface area contributed by atoms with Crippen molar-refractivity contribution in [2.75, 3.05) is 0 Å². The zero-order valence-corrected chi connectivity index (χ0v) is 7.07. The summed E-state index contributed by atoms with van der Waals surface area (Å²) in [6.45, 7) is 0. The Hall–Kier alpha value is -0.630. The Morgan fingerprint density at radius 3 is 3.08 bits per heavy atom. The minimum absolute atomic E-state index is 0.0799. The molecule has 0 aromatic carbocycles. The Labute approximate surface area is 72.3 Å². The molecule has 0 unspecified atom stereocenters. The average molecular weight is 166 g/mol. The fraction of sp³-hybridized carbons (Fsp3) is 0.700. The van der Waals surface area contributed by atoms with Gasteiger partial charge in [-0.3, -0.25) is 4.79 Å². The summed E-state index contributed by atoms with van der Waals surface area (Å²) >= 11 is 0. The quantitative estimate of drug-likeness (QED) is 0.551. The van der Waals surface area contributed by atoms with Crippen LogP contribution in [0.3, 0.4) is 0 Å². The molecule has 0 heterocycles. The van der Waals surface area contributed by atoms with E-state index in [4.69, 9.17) is 0 Å². The highest BCUT2D eigenvalue weighted by Gasteiger charge is 2.36. The van der Waals surface area contributed by atoms with Gasteiger partial charge >= 0.3 is 0 Å². The molecular weight excluding hydrogens is 152 g/mol. The van der Waals surface area contributed by atoms with E-state index < -0.39 is 6.10 Å². The molecule has 0 bridgehead atoms. The Balaban J connectivity index is 2.20. The highest BCUT2D eigenvalue weighted by molar-refractivity contribution is 5.83. The van der Waals surface area contributed by atoms with Crippen molar-refractivity contribution < 1.29 is 9.90 Å². The van der Waals surface area contributed by atoms with Gasteiger partial charge in [-0.05, 0) is 25.2 Å². The van der Waals surface area contributed by atoms with E-state index in [-0.39, 0.29) is 11.7 Å². The second-order valence-electron chi connectivity index (χ2n) is 3.80. The molecule has 1 saturated carbocycles. The summed E-state index contributed by atoms with van der Waals surface area (Å²) in [5.74, 6) is 0.609. The second kappa shape index (κ2) is 3.02. The monoisotopic (exact) mass is 166 g/mol. The third-order valence-electron chi connectivity index (χ3n) is 3.02. The zero-order valence-electron chi connectivity index (χ0n) is 7.07. The van der Waals surface area contributed by atoms with Crippen LogP contribution in [0.2, 0.25) is 0 Å². The average Bonchev–Trinajstić information content (AvgIpc) is 2.04. The lowest BCUT2D eigenvalue weighted by Crippen LogP contribution is -2.38. The van der Waals surface area contributed by atoms with Gasteiger partial charge in [0, 0.05) is 6.42 Å². The van der Waals surface area contributed by atoms with Gasteiger partial charge in [0.05, 0.1) is 12.0 Å². The third kappa shape index (κ3) is 1.20. The normalized spacial score (nSPS) is 41.1. The van der Waals surface area contributed by atoms with Crippen LogP contribution >= 0.6 is 0 Å². The highest BCUT2D eigenvalue weighted by Crippen LogP contribution is 2.35. The van der Waals surface area contributed by atoms with Gasteiger partial charge in [-0.1, -0.05) is 12.2 Å². The molecule has 2 heteroatoms. The number of aliphatic hydroxyl groups is 1. The van der Waals surface area contributed by atoms with Crippen LogP contribution in [0, 0.1) is 11.8 Å². The molecule has 3 atom stereocenters. The zero-order chi connectivity index (χ0) is 8.55. The molecule has 66 valence electrons. The molecule has 0 aliphatic heterocycles. The van der Waals surface area contributed by atoms with Crippen LogP contribution < -0.4 is 0 Å². The topological polar surface area (TPSA) is 37.3 Å². The van der Waals surface area contributed by atoms with E-state index in [1.165, 1.54) is 0 Å². The molecule has 0 radical (unpaired) electrons. The van der Waals surface area contributed by atoms with Crippen LogP contribution in [0.15, 0.2) is 12.2 Å². The molecule has 2 nitrogen and oxygen atoms in total. The SMILES string of the molecule is O=C1CCC[C@@H]2CC=C[C@H](O)[C@H]12. The maximum atomic E-state index is 11.4. The molecule has 0 saturated heterocycles. The summed E-state index contributed by atoms with van der Waals surface area (Å²) in [6, 6.07) is 0. The van der Waals surface area contributed by atoms with Crippen molar-refractivity contribution in [3.05, 3.63) is 12.2 Å². The van der Waals surface area contributed by atoms with Gasteiger partial charge in [0.2, 0.25) is 0 Å². The first-order chi connectivity index (χ1) is 5.79. The lowest BCUT2D eigenvalue weighted by atomic mass is 9.71. The molecule has 2 aliphatic carbocycles. The van der Waals surface area contributed by atoms with Crippen molar-refractivity contribution in [2.24, 2.45) is 11.8 Å². The molecule has 2 rings (SSSR count). The fourth-order valence-electron chi connectivity index (χ4n) is 2.39. The number of ketones is 1. The molecule has 0 aromatic heterocycles. The number of rotatable bonds is 0. The van der Waals surface area contributed by atoms with Crippen LogP contribution in [0.25, 0.3) is 0 Å². The molecular formula is C10H14O2. The fourth-order valence-corrected chi connectivity index (χ4v) is 2.39. The van der Waals surface area contributed by atoms with Crippen molar-refractivity contribution in [2.45, 2.75) is 31.8 Å². The Kier molecular flexibility index (Phi) is 2.01. The van der Waals surface area contributed by atoms with Crippen molar-refractivity contribution in [1.82, 2.24) is 0 Å². The maximum absolute atomic E-state index is 11.4. The van der Waals surface area contributed by atoms with Crippen LogP contribution in [-0.4, -0.2) is 17.0 Å². The van der Waals surface area contributed by atoms with E-state index >= 15 is 0 Å². The van der Waals surface area contributed by atoms with Crippen molar-refractivity contribution in [3.63, 3.8) is 0 Å². The smallest absolute Gasteiger partial charge is 0.139 e. The second-order valence-corrected chi connectivity index (χ2v) is 3.80. The summed E-state index contributed by atoms with van der Waals surface area (Å²) in [5, 5.41) is 9.57. The summed E-state index contributed by atoms with van der Waals surface area (Å²) in [4.78, 5) is 11.4. The van der Waals surface area contributed by atoms with Crippen LogP contribution in [0.5, 0.6) is 0 Å². The van der Waals surface area contributed by atoms with Crippen LogP contribution in [-0.2, 0) is 4.79 Å². The first-order valence-electron chi connectivity index (χ1n) is 4.66. The number of Topliss-reactive ketones (excluding diaryl/α,β-unsaturated/α-hetero) is 1. The molecule has 1 fully saturated rings. The van der Waals surface area contributed by atoms with Crippen molar-refractivity contribution in [1.29, 1.82) is 0 Å². The number of aliphatic hydroxyl groups excluding tert-OH is 1. The minimum Gasteiger partial charge on any atom is -0.388 e. The molecule has 0 amide bonds. The molecule has 0 spiro atoms. The number of fused-ring (bicyclic) bond motifs is 1. The number of hydrogen-bond acceptors (Lipinski definition) is 2. The maximum Gasteiger partial charge on any atom is 0.139 e. The largest absolute Gasteiger partial charge is 0.388 e. The van der Waals surface area contributed by atoms with Gasteiger partial charge in [0.25, 0.3) is 0 Å². The van der Waals surface area contributed by atoms with Crippen molar-refractivity contribution >= 4 is 5.78 Å². The lowest BCUT2D eigenvalue weighted by Gasteiger charge is -2.34. The van der Waals surface area contributed by atoms with Crippen molar-refractivity contribution in [3.8, 4) is 0 Å². The number of allylic oxidation sites excluding steroid dienone is 1. The van der Waals surface area contributed by atoms with Gasteiger partial charge in [-0.25, -0.2) is 0 Å². The number of carbonyl (C=O) groups excluding carboxylic acids is 1. The Bertz CT molecular complexity index is 220. The van der Waals surface area contributed by atoms with Crippen LogP contribution in [0.4, 0.5) is 0 Å². The summed E-state index contributed by atoms with van der Waals surface area (Å²) < 4.78 is 0. The van der Waals surface area contributed by atoms with E-state index in [1.54, 1.807) is 6.08 Å². The minimum atomic E-state index is -0.503. The van der Waals surface area contributed by atoms with E-state index in [1.807, 2.05) is 6.08 Å². The van der Waals surface area contributed by atoms with Gasteiger partial charge in [0.15, 0.2) is 0 Å². The van der Waals surface area contributed by atoms with E-state index in [9.17, 15) is 9.90 Å². The molecule has 2 aliphatic rings. The number of carbonyl (C=O) groups is 1. The summed E-state index contributed by atoms with van der Waals surface area (Å²) in [5.41, 5.74) is 0. The first kappa shape index (κ1) is 7.99. The molecule has 1 N–H and O–H groups in total.